The molecule has 74 valence electrons. The van der Waals surface area contributed by atoms with Crippen molar-refractivity contribution in [2.24, 2.45) is 11.8 Å². The van der Waals surface area contributed by atoms with Crippen molar-refractivity contribution in [3.05, 3.63) is 0 Å². The molecule has 0 atom stereocenters. The molecule has 0 bridgehead atoms. The average molecular weight is 184 g/mol. The molecular weight excluding hydrogens is 168 g/mol. The Labute approximate surface area is 78.5 Å². The summed E-state index contributed by atoms with van der Waals surface area (Å²) in [6, 6.07) is 0. The van der Waals surface area contributed by atoms with Crippen molar-refractivity contribution in [3.8, 4) is 0 Å². The van der Waals surface area contributed by atoms with E-state index in [1.54, 1.807) is 0 Å². The van der Waals surface area contributed by atoms with Crippen LogP contribution in [0.1, 0.15) is 32.6 Å². The summed E-state index contributed by atoms with van der Waals surface area (Å²) in [5, 5.41) is 0. The Bertz CT molecular complexity index is 181. The van der Waals surface area contributed by atoms with Gasteiger partial charge in [0.25, 0.3) is 0 Å². The van der Waals surface area contributed by atoms with E-state index in [0.717, 1.165) is 32.0 Å². The highest BCUT2D eigenvalue weighted by atomic mass is 16.5. The number of aldehydes is 1. The summed E-state index contributed by atoms with van der Waals surface area (Å²) in [6.45, 7) is 1.96. The second kappa shape index (κ2) is 5.00. The monoisotopic (exact) mass is 184 g/mol. The first-order chi connectivity index (χ1) is 6.22. The Morgan fingerprint density at radius 3 is 2.46 bits per heavy atom. The van der Waals surface area contributed by atoms with Crippen LogP contribution >= 0.6 is 0 Å². The minimum absolute atomic E-state index is 0.211. The van der Waals surface area contributed by atoms with Crippen molar-refractivity contribution in [2.75, 3.05) is 6.61 Å². The minimum Gasteiger partial charge on any atom is -0.466 e. The molecule has 1 saturated carbocycles. The lowest BCUT2D eigenvalue weighted by atomic mass is 9.83. The summed E-state index contributed by atoms with van der Waals surface area (Å²) >= 11 is 0. The van der Waals surface area contributed by atoms with Gasteiger partial charge in [-0.3, -0.25) is 4.79 Å². The lowest BCUT2D eigenvalue weighted by Gasteiger charge is -2.24. The number of esters is 1. The molecular formula is C10H16O3. The van der Waals surface area contributed by atoms with Crippen LogP contribution in [0.15, 0.2) is 0 Å². The van der Waals surface area contributed by atoms with Crippen LogP contribution in [-0.2, 0) is 14.3 Å². The Morgan fingerprint density at radius 2 is 2.00 bits per heavy atom. The topological polar surface area (TPSA) is 43.4 Å². The number of carbonyl (C=O) groups excluding carboxylic acids is 2. The van der Waals surface area contributed by atoms with Crippen LogP contribution in [0.25, 0.3) is 0 Å². The Morgan fingerprint density at radius 1 is 1.38 bits per heavy atom. The highest BCUT2D eigenvalue weighted by Gasteiger charge is 2.21. The highest BCUT2D eigenvalue weighted by molar-refractivity contribution is 5.65. The molecule has 0 unspecified atom stereocenters. The van der Waals surface area contributed by atoms with E-state index in [2.05, 4.69) is 0 Å². The third kappa shape index (κ3) is 3.57. The molecule has 1 fully saturated rings. The minimum atomic E-state index is -0.211. The van der Waals surface area contributed by atoms with E-state index in [4.69, 9.17) is 4.74 Å². The SMILES string of the molecule is CC(=O)OC[C@H]1CC[C@H](C=O)CC1. The van der Waals surface area contributed by atoms with Crippen LogP contribution in [0.5, 0.6) is 0 Å². The Hall–Kier alpha value is -0.860. The third-order valence-electron chi connectivity index (χ3n) is 2.61. The van der Waals surface area contributed by atoms with Gasteiger partial charge >= 0.3 is 5.97 Å². The van der Waals surface area contributed by atoms with Crippen LogP contribution in [0.3, 0.4) is 0 Å². The van der Waals surface area contributed by atoms with Gasteiger partial charge in [0.15, 0.2) is 0 Å². The molecule has 0 amide bonds. The first-order valence-corrected chi connectivity index (χ1v) is 4.81. The summed E-state index contributed by atoms with van der Waals surface area (Å²) in [5.41, 5.74) is 0. The molecule has 0 heterocycles. The van der Waals surface area contributed by atoms with Gasteiger partial charge in [0.2, 0.25) is 0 Å². The van der Waals surface area contributed by atoms with Gasteiger partial charge in [-0.2, -0.15) is 0 Å². The van der Waals surface area contributed by atoms with Crippen molar-refractivity contribution in [2.45, 2.75) is 32.6 Å². The molecule has 0 aliphatic heterocycles. The summed E-state index contributed by atoms with van der Waals surface area (Å²) in [5.74, 6) is 0.506. The maximum atomic E-state index is 10.5. The van der Waals surface area contributed by atoms with Crippen molar-refractivity contribution < 1.29 is 14.3 Å². The largest absolute Gasteiger partial charge is 0.466 e. The van der Waals surface area contributed by atoms with Crippen LogP contribution in [0, 0.1) is 11.8 Å². The maximum Gasteiger partial charge on any atom is 0.302 e. The zero-order valence-electron chi connectivity index (χ0n) is 7.99. The number of rotatable bonds is 3. The molecule has 0 N–H and O–H groups in total. The Kier molecular flexibility index (Phi) is 3.93. The van der Waals surface area contributed by atoms with Gasteiger partial charge in [-0.25, -0.2) is 0 Å². The normalized spacial score (nSPS) is 28.1. The molecule has 3 heteroatoms. The fourth-order valence-electron chi connectivity index (χ4n) is 1.73. The first-order valence-electron chi connectivity index (χ1n) is 4.81. The second-order valence-electron chi connectivity index (χ2n) is 3.72. The predicted octanol–water partition coefficient (Wildman–Crippen LogP) is 1.55. The van der Waals surface area contributed by atoms with Gasteiger partial charge in [0.05, 0.1) is 6.61 Å². The van der Waals surface area contributed by atoms with Crippen LogP contribution in [0.4, 0.5) is 0 Å². The molecule has 1 rings (SSSR count). The maximum absolute atomic E-state index is 10.5. The molecule has 3 nitrogen and oxygen atoms in total. The highest BCUT2D eigenvalue weighted by Crippen LogP contribution is 2.27. The van der Waals surface area contributed by atoms with E-state index in [1.807, 2.05) is 0 Å². The molecule has 0 aromatic carbocycles. The zero-order chi connectivity index (χ0) is 9.68. The van der Waals surface area contributed by atoms with Crippen LogP contribution < -0.4 is 0 Å². The van der Waals surface area contributed by atoms with E-state index in [0.29, 0.717) is 12.5 Å². The summed E-state index contributed by atoms with van der Waals surface area (Å²) in [6.07, 6.45) is 4.97. The second-order valence-corrected chi connectivity index (χ2v) is 3.72. The molecule has 0 aromatic heterocycles. The van der Waals surface area contributed by atoms with Crippen molar-refractivity contribution >= 4 is 12.3 Å². The summed E-state index contributed by atoms with van der Waals surface area (Å²) < 4.78 is 4.92. The summed E-state index contributed by atoms with van der Waals surface area (Å²) in [4.78, 5) is 21.0. The fourth-order valence-corrected chi connectivity index (χ4v) is 1.73. The smallest absolute Gasteiger partial charge is 0.302 e. The number of carbonyl (C=O) groups is 2. The number of hydrogen-bond donors (Lipinski definition) is 0. The fraction of sp³-hybridized carbons (Fsp3) is 0.800. The standard InChI is InChI=1S/C10H16O3/c1-8(12)13-7-10-4-2-9(6-11)3-5-10/h6,9-10H,2-5,7H2,1H3/t9-,10-. The van der Waals surface area contributed by atoms with E-state index in [-0.39, 0.29) is 11.9 Å². The van der Waals surface area contributed by atoms with E-state index in [9.17, 15) is 9.59 Å². The van der Waals surface area contributed by atoms with E-state index in [1.165, 1.54) is 6.92 Å². The molecule has 0 saturated heterocycles. The van der Waals surface area contributed by atoms with Crippen LogP contribution in [0.2, 0.25) is 0 Å². The number of hydrogen-bond acceptors (Lipinski definition) is 3. The Balaban J connectivity index is 2.17. The van der Waals surface area contributed by atoms with Crippen molar-refractivity contribution in [3.63, 3.8) is 0 Å². The van der Waals surface area contributed by atoms with Gasteiger partial charge in [-0.15, -0.1) is 0 Å². The molecule has 1 aliphatic rings. The molecule has 0 aromatic rings. The van der Waals surface area contributed by atoms with Gasteiger partial charge < -0.3 is 9.53 Å². The molecule has 0 spiro atoms. The quantitative estimate of drug-likeness (QED) is 0.493. The van der Waals surface area contributed by atoms with E-state index >= 15 is 0 Å². The zero-order valence-corrected chi connectivity index (χ0v) is 7.99. The van der Waals surface area contributed by atoms with Crippen LogP contribution in [-0.4, -0.2) is 18.9 Å². The van der Waals surface area contributed by atoms with Crippen molar-refractivity contribution in [1.29, 1.82) is 0 Å². The summed E-state index contributed by atoms with van der Waals surface area (Å²) in [7, 11) is 0. The van der Waals surface area contributed by atoms with Gasteiger partial charge in [-0.05, 0) is 31.6 Å². The lowest BCUT2D eigenvalue weighted by molar-refractivity contribution is -0.142. The lowest BCUT2D eigenvalue weighted by Crippen LogP contribution is -2.20. The first kappa shape index (κ1) is 10.2. The molecule has 1 aliphatic carbocycles. The average Bonchev–Trinajstić information content (AvgIpc) is 2.15. The van der Waals surface area contributed by atoms with Crippen molar-refractivity contribution in [1.82, 2.24) is 0 Å². The van der Waals surface area contributed by atoms with Gasteiger partial charge in [0.1, 0.15) is 6.29 Å². The third-order valence-corrected chi connectivity index (χ3v) is 2.61. The molecule has 0 radical (unpaired) electrons. The predicted molar refractivity (Wildman–Crippen MR) is 48.1 cm³/mol. The van der Waals surface area contributed by atoms with Gasteiger partial charge in [0, 0.05) is 12.8 Å². The van der Waals surface area contributed by atoms with Gasteiger partial charge in [-0.1, -0.05) is 0 Å². The number of ether oxygens (including phenoxy) is 1. The van der Waals surface area contributed by atoms with E-state index < -0.39 is 0 Å². The molecule has 13 heavy (non-hydrogen) atoms.